The van der Waals surface area contributed by atoms with Gasteiger partial charge in [-0.15, -0.1) is 11.3 Å². The van der Waals surface area contributed by atoms with Crippen molar-refractivity contribution in [3.05, 3.63) is 21.3 Å². The van der Waals surface area contributed by atoms with Crippen LogP contribution in [0.5, 0.6) is 0 Å². The average molecular weight is 246 g/mol. The van der Waals surface area contributed by atoms with Crippen LogP contribution in [0.3, 0.4) is 0 Å². The van der Waals surface area contributed by atoms with Crippen molar-refractivity contribution in [3.8, 4) is 0 Å². The second kappa shape index (κ2) is 4.86. The van der Waals surface area contributed by atoms with Crippen molar-refractivity contribution >= 4 is 28.9 Å². The van der Waals surface area contributed by atoms with Crippen LogP contribution in [0.25, 0.3) is 0 Å². The third-order valence-electron chi connectivity index (χ3n) is 1.54. The fourth-order valence-corrected chi connectivity index (χ4v) is 2.04. The summed E-state index contributed by atoms with van der Waals surface area (Å²) in [5, 5.41) is 3.10. The summed E-state index contributed by atoms with van der Waals surface area (Å²) in [6.45, 7) is 6.69. The highest BCUT2D eigenvalue weighted by atomic mass is 35.5. The van der Waals surface area contributed by atoms with Gasteiger partial charge in [0, 0.05) is 10.4 Å². The fraction of sp³-hybridized carbons (Fsp3) is 0.500. The Labute approximate surface area is 99.3 Å². The third kappa shape index (κ3) is 5.04. The molecular weight excluding hydrogens is 230 g/mol. The highest BCUT2D eigenvalue weighted by Gasteiger charge is 2.09. The Hall–Kier alpha value is -0.740. The van der Waals surface area contributed by atoms with Crippen molar-refractivity contribution in [1.82, 2.24) is 5.32 Å². The highest BCUT2D eigenvalue weighted by Crippen LogP contribution is 2.21. The van der Waals surface area contributed by atoms with Crippen LogP contribution in [-0.4, -0.2) is 11.5 Å². The lowest BCUT2D eigenvalue weighted by Gasteiger charge is -2.20. The van der Waals surface area contributed by atoms with E-state index in [1.54, 1.807) is 0 Å². The molecule has 0 radical (unpaired) electrons. The zero-order valence-electron chi connectivity index (χ0n) is 9.17. The summed E-state index contributed by atoms with van der Waals surface area (Å²) >= 11 is 7.33. The molecule has 3 nitrogen and oxygen atoms in total. The second-order valence-corrected chi connectivity index (χ2v) is 6.08. The monoisotopic (exact) mass is 245 g/mol. The number of hydrogen-bond donors (Lipinski definition) is 2. The largest absolute Gasteiger partial charge is 0.370 e. The van der Waals surface area contributed by atoms with Gasteiger partial charge in [0.15, 0.2) is 5.96 Å². The summed E-state index contributed by atoms with van der Waals surface area (Å²) in [4.78, 5) is 5.34. The first-order valence-electron chi connectivity index (χ1n) is 4.69. The molecule has 0 aromatic carbocycles. The van der Waals surface area contributed by atoms with E-state index in [1.807, 2.05) is 32.9 Å². The van der Waals surface area contributed by atoms with Crippen molar-refractivity contribution in [1.29, 1.82) is 0 Å². The Morgan fingerprint density at radius 2 is 2.20 bits per heavy atom. The molecule has 1 rings (SSSR count). The van der Waals surface area contributed by atoms with Gasteiger partial charge in [-0.05, 0) is 32.9 Å². The van der Waals surface area contributed by atoms with Crippen LogP contribution >= 0.6 is 22.9 Å². The summed E-state index contributed by atoms with van der Waals surface area (Å²) in [7, 11) is 0. The molecule has 1 aromatic rings. The van der Waals surface area contributed by atoms with Gasteiger partial charge in [0.25, 0.3) is 0 Å². The number of nitrogens with one attached hydrogen (secondary N) is 1. The Morgan fingerprint density at radius 3 is 2.67 bits per heavy atom. The predicted molar refractivity (Wildman–Crippen MR) is 67.5 cm³/mol. The van der Waals surface area contributed by atoms with E-state index in [4.69, 9.17) is 17.3 Å². The summed E-state index contributed by atoms with van der Waals surface area (Å²) in [6, 6.07) is 3.82. The SMILES string of the molecule is CC(C)(C)NC(N)=NCc1ccc(Cl)s1. The number of guanidine groups is 1. The lowest BCUT2D eigenvalue weighted by atomic mass is 10.1. The number of nitrogens with two attached hydrogens (primary N) is 1. The molecule has 5 heteroatoms. The molecule has 0 unspecified atom stereocenters. The number of hydrogen-bond acceptors (Lipinski definition) is 2. The van der Waals surface area contributed by atoms with Crippen LogP contribution in [0.1, 0.15) is 25.6 Å². The zero-order chi connectivity index (χ0) is 11.5. The standard InChI is InChI=1S/C10H16ClN3S/c1-10(2,3)14-9(12)13-6-7-4-5-8(11)15-7/h4-5H,6H2,1-3H3,(H3,12,13,14). The lowest BCUT2D eigenvalue weighted by molar-refractivity contribution is 0.508. The molecule has 0 fully saturated rings. The molecular formula is C10H16ClN3S. The van der Waals surface area contributed by atoms with Gasteiger partial charge < -0.3 is 11.1 Å². The van der Waals surface area contributed by atoms with Crippen LogP contribution in [0.2, 0.25) is 4.34 Å². The molecule has 3 N–H and O–H groups in total. The molecule has 0 amide bonds. The van der Waals surface area contributed by atoms with Gasteiger partial charge in [0.1, 0.15) is 0 Å². The first-order valence-corrected chi connectivity index (χ1v) is 5.88. The van der Waals surface area contributed by atoms with E-state index in [2.05, 4.69) is 10.3 Å². The van der Waals surface area contributed by atoms with E-state index in [0.29, 0.717) is 12.5 Å². The van der Waals surface area contributed by atoms with Crippen LogP contribution in [0.15, 0.2) is 17.1 Å². The minimum Gasteiger partial charge on any atom is -0.370 e. The van der Waals surface area contributed by atoms with Crippen LogP contribution in [-0.2, 0) is 6.54 Å². The van der Waals surface area contributed by atoms with E-state index >= 15 is 0 Å². The van der Waals surface area contributed by atoms with Crippen LogP contribution in [0.4, 0.5) is 0 Å². The minimum absolute atomic E-state index is 0.0549. The Morgan fingerprint density at radius 1 is 1.53 bits per heavy atom. The molecule has 0 aliphatic heterocycles. The number of nitrogens with zero attached hydrogens (tertiary/aromatic N) is 1. The molecule has 1 heterocycles. The Bertz CT molecular complexity index is 352. The van der Waals surface area contributed by atoms with E-state index in [0.717, 1.165) is 9.21 Å². The van der Waals surface area contributed by atoms with Gasteiger partial charge in [-0.2, -0.15) is 0 Å². The number of halogens is 1. The first-order chi connectivity index (χ1) is 6.87. The third-order valence-corrected chi connectivity index (χ3v) is 2.75. The molecule has 0 atom stereocenters. The molecule has 0 saturated heterocycles. The van der Waals surface area contributed by atoms with E-state index < -0.39 is 0 Å². The van der Waals surface area contributed by atoms with Crippen molar-refractivity contribution in [2.45, 2.75) is 32.9 Å². The summed E-state index contributed by atoms with van der Waals surface area (Å²) in [6.07, 6.45) is 0. The van der Waals surface area contributed by atoms with Gasteiger partial charge >= 0.3 is 0 Å². The average Bonchev–Trinajstić information content (AvgIpc) is 2.45. The lowest BCUT2D eigenvalue weighted by Crippen LogP contribution is -2.44. The van der Waals surface area contributed by atoms with Gasteiger partial charge in [-0.1, -0.05) is 11.6 Å². The quantitative estimate of drug-likeness (QED) is 0.622. The number of aliphatic imine (C=N–C) groups is 1. The minimum atomic E-state index is -0.0549. The van der Waals surface area contributed by atoms with Gasteiger partial charge in [0.2, 0.25) is 0 Å². The van der Waals surface area contributed by atoms with E-state index in [1.165, 1.54) is 11.3 Å². The molecule has 15 heavy (non-hydrogen) atoms. The Balaban J connectivity index is 2.51. The number of thiophene rings is 1. The molecule has 0 aliphatic rings. The van der Waals surface area contributed by atoms with Crippen molar-refractivity contribution < 1.29 is 0 Å². The predicted octanol–water partition coefficient (Wildman–Crippen LogP) is 2.60. The number of rotatable bonds is 2. The van der Waals surface area contributed by atoms with Gasteiger partial charge in [0.05, 0.1) is 10.9 Å². The maximum absolute atomic E-state index is 5.81. The zero-order valence-corrected chi connectivity index (χ0v) is 10.7. The van der Waals surface area contributed by atoms with Crippen molar-refractivity contribution in [2.75, 3.05) is 0 Å². The first kappa shape index (κ1) is 12.3. The molecule has 1 aromatic heterocycles. The van der Waals surface area contributed by atoms with Crippen LogP contribution < -0.4 is 11.1 Å². The van der Waals surface area contributed by atoms with Gasteiger partial charge in [-0.25, -0.2) is 4.99 Å². The smallest absolute Gasteiger partial charge is 0.189 e. The van der Waals surface area contributed by atoms with Crippen molar-refractivity contribution in [3.63, 3.8) is 0 Å². The molecule has 84 valence electrons. The molecule has 0 aliphatic carbocycles. The summed E-state index contributed by atoms with van der Waals surface area (Å²) in [5.41, 5.74) is 5.67. The molecule has 0 spiro atoms. The van der Waals surface area contributed by atoms with E-state index in [9.17, 15) is 0 Å². The maximum Gasteiger partial charge on any atom is 0.189 e. The second-order valence-electron chi connectivity index (χ2n) is 4.28. The fourth-order valence-electron chi connectivity index (χ4n) is 1.02. The molecule has 0 bridgehead atoms. The Kier molecular flexibility index (Phi) is 3.99. The summed E-state index contributed by atoms with van der Waals surface area (Å²) in [5.74, 6) is 0.465. The molecule has 0 saturated carbocycles. The van der Waals surface area contributed by atoms with Crippen molar-refractivity contribution in [2.24, 2.45) is 10.7 Å². The normalized spacial score (nSPS) is 12.9. The van der Waals surface area contributed by atoms with Gasteiger partial charge in [-0.3, -0.25) is 0 Å². The highest BCUT2D eigenvalue weighted by molar-refractivity contribution is 7.16. The topological polar surface area (TPSA) is 50.4 Å². The maximum atomic E-state index is 5.81. The summed E-state index contributed by atoms with van der Waals surface area (Å²) < 4.78 is 0.780. The van der Waals surface area contributed by atoms with Crippen LogP contribution in [0, 0.1) is 0 Å². The van der Waals surface area contributed by atoms with E-state index in [-0.39, 0.29) is 5.54 Å².